The smallest absolute Gasteiger partial charge is 0.00193 e. The Morgan fingerprint density at radius 3 is 1.81 bits per heavy atom. The lowest BCUT2D eigenvalue weighted by molar-refractivity contribution is 0.231. The molecule has 0 radical (unpaired) electrons. The van der Waals surface area contributed by atoms with Crippen molar-refractivity contribution in [1.29, 1.82) is 0 Å². The van der Waals surface area contributed by atoms with Crippen molar-refractivity contribution in [3.63, 3.8) is 0 Å². The molecule has 36 heavy (non-hydrogen) atoms. The maximum absolute atomic E-state index is 2.60. The molecule has 0 fully saturated rings. The minimum atomic E-state index is 0.623. The van der Waals surface area contributed by atoms with Gasteiger partial charge < -0.3 is 0 Å². The Kier molecular flexibility index (Phi) is 22.3. The molecule has 0 saturated carbocycles. The summed E-state index contributed by atoms with van der Waals surface area (Å²) in [5, 5.41) is 0. The van der Waals surface area contributed by atoms with Crippen LogP contribution >= 0.6 is 0 Å². The summed E-state index contributed by atoms with van der Waals surface area (Å²) in [5.74, 6) is 2.80. The van der Waals surface area contributed by atoms with Crippen molar-refractivity contribution in [2.24, 2.45) is 23.7 Å². The van der Waals surface area contributed by atoms with Crippen molar-refractivity contribution >= 4 is 0 Å². The van der Waals surface area contributed by atoms with Crippen LogP contribution in [0.3, 0.4) is 0 Å². The average Bonchev–Trinajstić information content (AvgIpc) is 2.89. The first-order chi connectivity index (χ1) is 17.8. The lowest BCUT2D eigenvalue weighted by atomic mass is 9.67. The largest absolute Gasteiger partial charge is 0.0879 e. The van der Waals surface area contributed by atoms with Gasteiger partial charge in [-0.2, -0.15) is 0 Å². The fourth-order valence-corrected chi connectivity index (χ4v) is 5.87. The molecule has 0 amide bonds. The van der Waals surface area contributed by atoms with Gasteiger partial charge in [0.05, 0.1) is 0 Å². The Morgan fingerprint density at radius 2 is 1.11 bits per heavy atom. The van der Waals surface area contributed by atoms with E-state index in [1.807, 2.05) is 0 Å². The second-order valence-corrected chi connectivity index (χ2v) is 11.5. The van der Waals surface area contributed by atoms with Gasteiger partial charge in [-0.05, 0) is 55.8 Å². The Balaban J connectivity index is 2.84. The minimum Gasteiger partial charge on any atom is -0.0879 e. The second-order valence-electron chi connectivity index (χ2n) is 11.5. The summed E-state index contributed by atoms with van der Waals surface area (Å²) in [7, 11) is 0. The van der Waals surface area contributed by atoms with Gasteiger partial charge in [0.1, 0.15) is 0 Å². The van der Waals surface area contributed by atoms with Gasteiger partial charge in [0, 0.05) is 0 Å². The molecule has 0 aromatic heterocycles. The molecule has 0 bridgehead atoms. The molecule has 0 saturated heterocycles. The molecular formula is C36H64. The first-order valence-electron chi connectivity index (χ1n) is 16.5. The third kappa shape index (κ3) is 15.9. The summed E-state index contributed by atoms with van der Waals surface area (Å²) in [6.07, 6.45) is 47.3. The van der Waals surface area contributed by atoms with Crippen molar-refractivity contribution in [3.05, 3.63) is 48.6 Å². The van der Waals surface area contributed by atoms with E-state index in [0.717, 1.165) is 11.8 Å². The molecule has 0 spiro atoms. The Hall–Kier alpha value is -1.04. The summed E-state index contributed by atoms with van der Waals surface area (Å²) in [4.78, 5) is 0. The molecule has 4 unspecified atom stereocenters. The molecule has 4 atom stereocenters. The quantitative estimate of drug-likeness (QED) is 0.0749. The molecule has 1 aliphatic carbocycles. The molecule has 0 aliphatic heterocycles. The van der Waals surface area contributed by atoms with Gasteiger partial charge in [-0.25, -0.2) is 0 Å². The van der Waals surface area contributed by atoms with Crippen LogP contribution in [-0.2, 0) is 0 Å². The monoisotopic (exact) mass is 497 g/mol. The Morgan fingerprint density at radius 1 is 0.500 bits per heavy atom. The van der Waals surface area contributed by atoms with Crippen LogP contribution in [0.15, 0.2) is 48.6 Å². The standard InChI is InChI=1S/C36H64/c1-5-9-13-16-19-20-21-24-28-34-32-31-33(27-12-8-4)35(29-25-22-17-14-10-6-2)36(34)30-26-23-18-15-11-7-3/h17,22,24-25,28-29,31-36H,5-16,18-21,23,26-27,30H2,1-4H3. The van der Waals surface area contributed by atoms with E-state index in [9.17, 15) is 0 Å². The highest BCUT2D eigenvalue weighted by molar-refractivity contribution is 5.17. The Labute approximate surface area is 228 Å². The second kappa shape index (κ2) is 24.3. The average molecular weight is 497 g/mol. The van der Waals surface area contributed by atoms with Gasteiger partial charge in [0.25, 0.3) is 0 Å². The van der Waals surface area contributed by atoms with E-state index in [-0.39, 0.29) is 0 Å². The van der Waals surface area contributed by atoms with Crippen molar-refractivity contribution in [2.45, 2.75) is 156 Å². The summed E-state index contributed by atoms with van der Waals surface area (Å²) in [6.45, 7) is 9.25. The van der Waals surface area contributed by atoms with Gasteiger partial charge in [0.2, 0.25) is 0 Å². The van der Waals surface area contributed by atoms with Crippen molar-refractivity contribution in [3.8, 4) is 0 Å². The van der Waals surface area contributed by atoms with E-state index < -0.39 is 0 Å². The topological polar surface area (TPSA) is 0 Å². The van der Waals surface area contributed by atoms with Crippen LogP contribution in [0.25, 0.3) is 0 Å². The molecule has 0 nitrogen and oxygen atoms in total. The highest BCUT2D eigenvalue weighted by Crippen LogP contribution is 2.41. The van der Waals surface area contributed by atoms with E-state index in [1.54, 1.807) is 0 Å². The van der Waals surface area contributed by atoms with Gasteiger partial charge in [-0.1, -0.05) is 173 Å². The van der Waals surface area contributed by atoms with E-state index in [4.69, 9.17) is 0 Å². The highest BCUT2D eigenvalue weighted by Gasteiger charge is 2.32. The summed E-state index contributed by atoms with van der Waals surface area (Å²) >= 11 is 0. The van der Waals surface area contributed by atoms with Crippen LogP contribution in [0, 0.1) is 23.7 Å². The molecule has 0 heterocycles. The predicted octanol–water partition coefficient (Wildman–Crippen LogP) is 12.6. The van der Waals surface area contributed by atoms with Crippen LogP contribution in [0.5, 0.6) is 0 Å². The highest BCUT2D eigenvalue weighted by atomic mass is 14.4. The fourth-order valence-electron chi connectivity index (χ4n) is 5.87. The fraction of sp³-hybridized carbons (Fsp3) is 0.778. The first-order valence-corrected chi connectivity index (χ1v) is 16.5. The van der Waals surface area contributed by atoms with E-state index in [1.165, 1.54) is 128 Å². The van der Waals surface area contributed by atoms with E-state index in [0.29, 0.717) is 11.8 Å². The van der Waals surface area contributed by atoms with E-state index >= 15 is 0 Å². The predicted molar refractivity (Wildman–Crippen MR) is 166 cm³/mol. The zero-order valence-electron chi connectivity index (χ0n) is 25.1. The number of hydrogen-bond donors (Lipinski definition) is 0. The molecular weight excluding hydrogens is 432 g/mol. The van der Waals surface area contributed by atoms with Crippen LogP contribution in [-0.4, -0.2) is 0 Å². The van der Waals surface area contributed by atoms with Gasteiger partial charge in [-0.3, -0.25) is 0 Å². The third-order valence-electron chi connectivity index (χ3n) is 8.23. The maximum Gasteiger partial charge on any atom is -0.00193 e. The number of hydrogen-bond acceptors (Lipinski definition) is 0. The Bertz CT molecular complexity index is 577. The molecule has 0 N–H and O–H groups in total. The zero-order chi connectivity index (χ0) is 26.1. The molecule has 208 valence electrons. The molecule has 1 aliphatic rings. The number of rotatable bonds is 23. The van der Waals surface area contributed by atoms with Gasteiger partial charge in [-0.15, -0.1) is 0 Å². The molecule has 0 aromatic carbocycles. The molecule has 0 heteroatoms. The van der Waals surface area contributed by atoms with Crippen LogP contribution in [0.1, 0.15) is 156 Å². The van der Waals surface area contributed by atoms with Gasteiger partial charge in [0.15, 0.2) is 0 Å². The third-order valence-corrected chi connectivity index (χ3v) is 8.23. The summed E-state index contributed by atoms with van der Waals surface area (Å²) in [6, 6.07) is 0. The van der Waals surface area contributed by atoms with Crippen LogP contribution in [0.4, 0.5) is 0 Å². The minimum absolute atomic E-state index is 0.623. The van der Waals surface area contributed by atoms with Crippen molar-refractivity contribution in [1.82, 2.24) is 0 Å². The molecule has 0 aromatic rings. The lowest BCUT2D eigenvalue weighted by Gasteiger charge is -2.38. The number of unbranched alkanes of at least 4 members (excludes halogenated alkanes) is 14. The first kappa shape index (κ1) is 33.0. The van der Waals surface area contributed by atoms with Gasteiger partial charge >= 0.3 is 0 Å². The summed E-state index contributed by atoms with van der Waals surface area (Å²) < 4.78 is 0. The maximum atomic E-state index is 2.60. The SMILES string of the molecule is CCCCC=CC=CC1C(CCCC)C=CC(C=CCCCCCCCC)C1CCCCCCCC. The normalized spacial score (nSPS) is 22.6. The van der Waals surface area contributed by atoms with E-state index in [2.05, 4.69) is 76.3 Å². The zero-order valence-corrected chi connectivity index (χ0v) is 25.1. The summed E-state index contributed by atoms with van der Waals surface area (Å²) in [5.41, 5.74) is 0. The van der Waals surface area contributed by atoms with Crippen LogP contribution in [0.2, 0.25) is 0 Å². The lowest BCUT2D eigenvalue weighted by Crippen LogP contribution is -2.30. The van der Waals surface area contributed by atoms with Crippen molar-refractivity contribution < 1.29 is 0 Å². The number of allylic oxidation sites excluding steroid dienone is 8. The molecule has 1 rings (SSSR count). The van der Waals surface area contributed by atoms with Crippen molar-refractivity contribution in [2.75, 3.05) is 0 Å². The van der Waals surface area contributed by atoms with Crippen LogP contribution < -0.4 is 0 Å².